The number of halogens is 1. The van der Waals surface area contributed by atoms with Crippen LogP contribution in [0.2, 0.25) is 0 Å². The van der Waals surface area contributed by atoms with Crippen LogP contribution in [0.1, 0.15) is 19.4 Å². The van der Waals surface area contributed by atoms with Crippen LogP contribution in [0.4, 0.5) is 5.69 Å². The van der Waals surface area contributed by atoms with Crippen molar-refractivity contribution in [2.45, 2.75) is 26.8 Å². The minimum absolute atomic E-state index is 0.146. The fraction of sp³-hybridized carbons (Fsp3) is 0.318. The van der Waals surface area contributed by atoms with Crippen molar-refractivity contribution in [1.29, 1.82) is 0 Å². The normalized spacial score (nSPS) is 10.5. The molecule has 9 heteroatoms. The van der Waals surface area contributed by atoms with Gasteiger partial charge in [0.25, 0.3) is 0 Å². The Labute approximate surface area is 189 Å². The lowest BCUT2D eigenvalue weighted by Gasteiger charge is -2.14. The summed E-state index contributed by atoms with van der Waals surface area (Å²) < 4.78 is 19.5. The lowest BCUT2D eigenvalue weighted by Crippen LogP contribution is -2.15. The summed E-state index contributed by atoms with van der Waals surface area (Å²) in [5, 5.41) is 6.95. The van der Waals surface area contributed by atoms with E-state index in [0.29, 0.717) is 49.3 Å². The first-order valence-corrected chi connectivity index (χ1v) is 10.8. The molecule has 1 aromatic heterocycles. The van der Waals surface area contributed by atoms with Gasteiger partial charge in [-0.2, -0.15) is 5.10 Å². The molecule has 1 heterocycles. The van der Waals surface area contributed by atoms with Crippen LogP contribution in [-0.2, 0) is 17.8 Å². The van der Waals surface area contributed by atoms with Crippen molar-refractivity contribution < 1.29 is 19.0 Å². The largest absolute Gasteiger partial charge is 0.492 e. The zero-order valence-corrected chi connectivity index (χ0v) is 19.1. The highest BCUT2D eigenvalue weighted by atomic mass is 79.9. The fourth-order valence-electron chi connectivity index (χ4n) is 2.90. The van der Waals surface area contributed by atoms with Crippen LogP contribution in [0, 0.1) is 0 Å². The first-order valence-electron chi connectivity index (χ1n) is 10.0. The van der Waals surface area contributed by atoms with E-state index in [-0.39, 0.29) is 12.3 Å². The minimum atomic E-state index is -0.146. The molecule has 0 spiro atoms. The number of ether oxygens (including phenoxy) is 3. The number of aromatic nitrogens is 3. The van der Waals surface area contributed by atoms with Gasteiger partial charge in [0.15, 0.2) is 11.5 Å². The van der Waals surface area contributed by atoms with Crippen molar-refractivity contribution >= 4 is 27.5 Å². The Kier molecular flexibility index (Phi) is 8.28. The molecular weight excluding hydrogens is 464 g/mol. The van der Waals surface area contributed by atoms with Gasteiger partial charge in [-0.15, -0.1) is 0 Å². The highest BCUT2D eigenvalue weighted by Gasteiger charge is 2.14. The van der Waals surface area contributed by atoms with E-state index >= 15 is 0 Å². The average molecular weight is 489 g/mol. The Morgan fingerprint density at radius 3 is 2.58 bits per heavy atom. The van der Waals surface area contributed by atoms with Crippen molar-refractivity contribution in [3.63, 3.8) is 0 Å². The molecule has 8 nitrogen and oxygen atoms in total. The number of carbonyl (C=O) groups excluding carboxylic acids is 1. The molecule has 0 radical (unpaired) electrons. The van der Waals surface area contributed by atoms with E-state index in [0.717, 1.165) is 10.0 Å². The highest BCUT2D eigenvalue weighted by molar-refractivity contribution is 9.10. The number of anilines is 1. The molecule has 0 atom stereocenters. The molecule has 0 bridgehead atoms. The second-order valence-electron chi connectivity index (χ2n) is 6.52. The van der Waals surface area contributed by atoms with Gasteiger partial charge in [-0.05, 0) is 43.7 Å². The summed E-state index contributed by atoms with van der Waals surface area (Å²) in [5.41, 5.74) is 1.47. The summed E-state index contributed by atoms with van der Waals surface area (Å²) in [4.78, 5) is 16.5. The number of carbonyl (C=O) groups is 1. The summed E-state index contributed by atoms with van der Waals surface area (Å²) >= 11 is 3.53. The maximum Gasteiger partial charge on any atom is 0.228 e. The molecular formula is C22H25BrN4O4. The second kappa shape index (κ2) is 11.4. The second-order valence-corrected chi connectivity index (χ2v) is 7.37. The van der Waals surface area contributed by atoms with Gasteiger partial charge in [0, 0.05) is 16.2 Å². The zero-order valence-electron chi connectivity index (χ0n) is 17.5. The third-order valence-corrected chi connectivity index (χ3v) is 4.98. The van der Waals surface area contributed by atoms with Gasteiger partial charge >= 0.3 is 0 Å². The molecule has 0 saturated carbocycles. The monoisotopic (exact) mass is 488 g/mol. The van der Waals surface area contributed by atoms with Crippen LogP contribution in [0.15, 0.2) is 53.5 Å². The molecule has 0 aliphatic rings. The van der Waals surface area contributed by atoms with Crippen molar-refractivity contribution in [3.05, 3.63) is 59.1 Å². The van der Waals surface area contributed by atoms with Gasteiger partial charge in [-0.25, -0.2) is 9.67 Å². The Hall–Kier alpha value is -3.07. The lowest BCUT2D eigenvalue weighted by molar-refractivity contribution is -0.115. The van der Waals surface area contributed by atoms with E-state index in [2.05, 4.69) is 31.3 Å². The average Bonchev–Trinajstić information content (AvgIpc) is 3.25. The highest BCUT2D eigenvalue weighted by Crippen LogP contribution is 2.34. The summed E-state index contributed by atoms with van der Waals surface area (Å²) in [7, 11) is 0. The first-order chi connectivity index (χ1) is 15.1. The van der Waals surface area contributed by atoms with Crippen LogP contribution in [-0.4, -0.2) is 40.5 Å². The molecule has 0 fully saturated rings. The number of rotatable bonds is 11. The van der Waals surface area contributed by atoms with Gasteiger partial charge in [0.2, 0.25) is 5.91 Å². The number of hydrogen-bond donors (Lipinski definition) is 1. The maximum atomic E-state index is 12.6. The zero-order chi connectivity index (χ0) is 22.1. The Morgan fingerprint density at radius 1 is 1.10 bits per heavy atom. The van der Waals surface area contributed by atoms with Gasteiger partial charge in [0.05, 0.1) is 26.2 Å². The molecule has 0 aliphatic carbocycles. The Bertz CT molecular complexity index is 995. The number of amides is 1. The number of benzene rings is 2. The molecule has 3 aromatic rings. The molecule has 1 amide bonds. The molecule has 1 N–H and O–H groups in total. The predicted molar refractivity (Wildman–Crippen MR) is 121 cm³/mol. The molecule has 164 valence electrons. The van der Waals surface area contributed by atoms with Gasteiger partial charge in [-0.1, -0.05) is 22.0 Å². The van der Waals surface area contributed by atoms with Crippen molar-refractivity contribution in [2.24, 2.45) is 0 Å². The van der Waals surface area contributed by atoms with E-state index in [1.165, 1.54) is 6.33 Å². The topological polar surface area (TPSA) is 87.5 Å². The molecule has 0 unspecified atom stereocenters. The quantitative estimate of drug-likeness (QED) is 0.437. The predicted octanol–water partition coefficient (Wildman–Crippen LogP) is 4.10. The van der Waals surface area contributed by atoms with Gasteiger partial charge in [0.1, 0.15) is 25.0 Å². The van der Waals surface area contributed by atoms with Crippen LogP contribution in [0.3, 0.4) is 0 Å². The van der Waals surface area contributed by atoms with E-state index in [4.69, 9.17) is 14.2 Å². The van der Waals surface area contributed by atoms with E-state index in [9.17, 15) is 4.79 Å². The minimum Gasteiger partial charge on any atom is -0.492 e. The lowest BCUT2D eigenvalue weighted by atomic mass is 10.1. The number of hydrogen-bond acceptors (Lipinski definition) is 6. The number of nitrogens with one attached hydrogen (secondary N) is 1. The fourth-order valence-corrected chi connectivity index (χ4v) is 3.36. The van der Waals surface area contributed by atoms with Gasteiger partial charge in [-0.3, -0.25) is 4.79 Å². The smallest absolute Gasteiger partial charge is 0.228 e. The SMILES string of the molecule is CCOc1cc(Br)c(CC(=O)Nc2cccc(OCCn3cncn3)c2)cc1OCC. The van der Waals surface area contributed by atoms with Crippen LogP contribution >= 0.6 is 15.9 Å². The standard InChI is InChI=1S/C22H25BrN4O4/c1-3-29-20-10-16(19(23)13-21(20)30-4-2)11-22(28)26-17-6-5-7-18(12-17)31-9-8-27-15-24-14-25-27/h5-7,10,12-15H,3-4,8-9,11H2,1-2H3,(H,26,28). The first kappa shape index (κ1) is 22.6. The summed E-state index contributed by atoms with van der Waals surface area (Å²) in [5.74, 6) is 1.79. The van der Waals surface area contributed by atoms with Crippen LogP contribution in [0.25, 0.3) is 0 Å². The molecule has 3 rings (SSSR count). The molecule has 0 aliphatic heterocycles. The van der Waals surface area contributed by atoms with E-state index in [1.54, 1.807) is 17.1 Å². The van der Waals surface area contributed by atoms with Crippen molar-refractivity contribution in [1.82, 2.24) is 14.8 Å². The van der Waals surface area contributed by atoms with Crippen LogP contribution < -0.4 is 19.5 Å². The summed E-state index contributed by atoms with van der Waals surface area (Å²) in [6.45, 7) is 5.90. The van der Waals surface area contributed by atoms with Crippen molar-refractivity contribution in [2.75, 3.05) is 25.1 Å². The van der Waals surface area contributed by atoms with Crippen molar-refractivity contribution in [3.8, 4) is 17.2 Å². The van der Waals surface area contributed by atoms with Gasteiger partial charge < -0.3 is 19.5 Å². The molecule has 2 aromatic carbocycles. The third-order valence-electron chi connectivity index (χ3n) is 4.24. The van der Waals surface area contributed by atoms with Crippen LogP contribution in [0.5, 0.6) is 17.2 Å². The Morgan fingerprint density at radius 2 is 1.87 bits per heavy atom. The molecule has 31 heavy (non-hydrogen) atoms. The van der Waals surface area contributed by atoms with E-state index in [1.807, 2.05) is 44.2 Å². The summed E-state index contributed by atoms with van der Waals surface area (Å²) in [6.07, 6.45) is 3.30. The number of nitrogens with zero attached hydrogens (tertiary/aromatic N) is 3. The molecule has 0 saturated heterocycles. The Balaban J connectivity index is 1.60. The van der Waals surface area contributed by atoms with E-state index < -0.39 is 0 Å². The summed E-state index contributed by atoms with van der Waals surface area (Å²) in [6, 6.07) is 11.0. The third kappa shape index (κ3) is 6.71. The maximum absolute atomic E-state index is 12.6.